The molecular weight excluding hydrogens is 154 g/mol. The molecule has 0 radical (unpaired) electrons. The lowest BCUT2D eigenvalue weighted by atomic mass is 9.99. The first-order valence-corrected chi connectivity index (χ1v) is 4.70. The number of hydrogen-bond donors (Lipinski definition) is 1. The zero-order chi connectivity index (χ0) is 8.81. The second kappa shape index (κ2) is 5.14. The largest absolute Gasteiger partial charge is 0.381 e. The van der Waals surface area contributed by atoms with Crippen LogP contribution in [0.3, 0.4) is 0 Å². The third-order valence-electron chi connectivity index (χ3n) is 2.14. The van der Waals surface area contributed by atoms with Gasteiger partial charge in [0.2, 0.25) is 5.91 Å². The topological polar surface area (TPSA) is 38.3 Å². The van der Waals surface area contributed by atoms with Crippen molar-refractivity contribution >= 4 is 5.91 Å². The fourth-order valence-electron chi connectivity index (χ4n) is 1.35. The van der Waals surface area contributed by atoms with Crippen LogP contribution in [-0.2, 0) is 9.53 Å². The molecule has 70 valence electrons. The van der Waals surface area contributed by atoms with Gasteiger partial charge in [0.1, 0.15) is 0 Å². The summed E-state index contributed by atoms with van der Waals surface area (Å²) in [6.45, 7) is 4.34. The van der Waals surface area contributed by atoms with Crippen molar-refractivity contribution in [2.45, 2.75) is 26.2 Å². The lowest BCUT2D eigenvalue weighted by Crippen LogP contribution is -2.34. The Hall–Kier alpha value is -0.570. The minimum Gasteiger partial charge on any atom is -0.381 e. The number of rotatable bonds is 3. The van der Waals surface area contributed by atoms with Gasteiger partial charge in [-0.2, -0.15) is 0 Å². The molecule has 0 spiro atoms. The van der Waals surface area contributed by atoms with Crippen LogP contribution in [-0.4, -0.2) is 25.7 Å². The number of carbonyl (C=O) groups excluding carboxylic acids is 1. The third kappa shape index (κ3) is 2.81. The van der Waals surface area contributed by atoms with E-state index in [4.69, 9.17) is 4.74 Å². The van der Waals surface area contributed by atoms with Crippen molar-refractivity contribution in [1.82, 2.24) is 5.32 Å². The molecule has 1 rings (SSSR count). The van der Waals surface area contributed by atoms with Crippen LogP contribution in [0.2, 0.25) is 0 Å². The van der Waals surface area contributed by atoms with Gasteiger partial charge in [-0.15, -0.1) is 0 Å². The first-order valence-electron chi connectivity index (χ1n) is 4.70. The molecule has 0 aromatic rings. The van der Waals surface area contributed by atoms with E-state index in [1.165, 1.54) is 0 Å². The molecule has 1 N–H and O–H groups in total. The monoisotopic (exact) mass is 171 g/mol. The Balaban J connectivity index is 2.20. The SMILES string of the molecule is CCCNC(=O)C1CCOCC1. The summed E-state index contributed by atoms with van der Waals surface area (Å²) in [6, 6.07) is 0. The summed E-state index contributed by atoms with van der Waals surface area (Å²) in [6.07, 6.45) is 2.78. The lowest BCUT2D eigenvalue weighted by molar-refractivity contribution is -0.127. The molecule has 3 nitrogen and oxygen atoms in total. The highest BCUT2D eigenvalue weighted by Gasteiger charge is 2.20. The molecule has 1 amide bonds. The molecule has 1 heterocycles. The van der Waals surface area contributed by atoms with Crippen LogP contribution in [0.5, 0.6) is 0 Å². The molecule has 0 unspecified atom stereocenters. The van der Waals surface area contributed by atoms with Crippen LogP contribution in [0.1, 0.15) is 26.2 Å². The van der Waals surface area contributed by atoms with Crippen LogP contribution < -0.4 is 5.32 Å². The van der Waals surface area contributed by atoms with Crippen molar-refractivity contribution < 1.29 is 9.53 Å². The van der Waals surface area contributed by atoms with Crippen molar-refractivity contribution in [2.75, 3.05) is 19.8 Å². The van der Waals surface area contributed by atoms with E-state index in [-0.39, 0.29) is 11.8 Å². The molecule has 1 saturated heterocycles. The minimum atomic E-state index is 0.199. The molecule has 3 heteroatoms. The Morgan fingerprint density at radius 3 is 2.75 bits per heavy atom. The summed E-state index contributed by atoms with van der Waals surface area (Å²) >= 11 is 0. The molecule has 0 saturated carbocycles. The molecule has 1 aliphatic rings. The van der Waals surface area contributed by atoms with Crippen molar-refractivity contribution in [1.29, 1.82) is 0 Å². The van der Waals surface area contributed by atoms with Crippen LogP contribution in [0.4, 0.5) is 0 Å². The lowest BCUT2D eigenvalue weighted by Gasteiger charge is -2.20. The van der Waals surface area contributed by atoms with Crippen LogP contribution >= 0.6 is 0 Å². The van der Waals surface area contributed by atoms with Crippen molar-refractivity contribution in [3.63, 3.8) is 0 Å². The molecular formula is C9H17NO2. The maximum absolute atomic E-state index is 11.4. The van der Waals surface area contributed by atoms with Crippen LogP contribution in [0, 0.1) is 5.92 Å². The van der Waals surface area contributed by atoms with E-state index in [1.54, 1.807) is 0 Å². The predicted molar refractivity (Wildman–Crippen MR) is 46.8 cm³/mol. The fraction of sp³-hybridized carbons (Fsp3) is 0.889. The summed E-state index contributed by atoms with van der Waals surface area (Å²) in [5, 5.41) is 2.91. The number of carbonyl (C=O) groups is 1. The van der Waals surface area contributed by atoms with Crippen LogP contribution in [0.15, 0.2) is 0 Å². The molecule has 1 aliphatic heterocycles. The van der Waals surface area contributed by atoms with Gasteiger partial charge in [0, 0.05) is 25.7 Å². The quantitative estimate of drug-likeness (QED) is 0.686. The molecule has 0 aromatic heterocycles. The van der Waals surface area contributed by atoms with Crippen LogP contribution in [0.25, 0.3) is 0 Å². The van der Waals surface area contributed by atoms with Gasteiger partial charge >= 0.3 is 0 Å². The normalized spacial score (nSPS) is 19.1. The van der Waals surface area contributed by atoms with E-state index in [0.29, 0.717) is 0 Å². The standard InChI is InChI=1S/C9H17NO2/c1-2-5-10-9(11)8-3-6-12-7-4-8/h8H,2-7H2,1H3,(H,10,11). The summed E-state index contributed by atoms with van der Waals surface area (Å²) in [7, 11) is 0. The molecule has 0 aliphatic carbocycles. The van der Waals surface area contributed by atoms with E-state index < -0.39 is 0 Å². The van der Waals surface area contributed by atoms with E-state index >= 15 is 0 Å². The molecule has 0 bridgehead atoms. The highest BCUT2D eigenvalue weighted by atomic mass is 16.5. The second-order valence-electron chi connectivity index (χ2n) is 3.18. The smallest absolute Gasteiger partial charge is 0.223 e. The number of hydrogen-bond acceptors (Lipinski definition) is 2. The van der Waals surface area contributed by atoms with E-state index in [2.05, 4.69) is 12.2 Å². The average molecular weight is 171 g/mol. The van der Waals surface area contributed by atoms with Gasteiger partial charge in [0.25, 0.3) is 0 Å². The van der Waals surface area contributed by atoms with Gasteiger partial charge in [-0.05, 0) is 19.3 Å². The van der Waals surface area contributed by atoms with E-state index in [0.717, 1.165) is 39.0 Å². The van der Waals surface area contributed by atoms with Gasteiger partial charge in [-0.1, -0.05) is 6.92 Å². The van der Waals surface area contributed by atoms with Crippen molar-refractivity contribution in [3.05, 3.63) is 0 Å². The average Bonchev–Trinajstić information content (AvgIpc) is 2.15. The zero-order valence-electron chi connectivity index (χ0n) is 7.64. The summed E-state index contributed by atoms with van der Waals surface area (Å²) < 4.78 is 5.17. The Labute approximate surface area is 73.5 Å². The maximum atomic E-state index is 11.4. The fourth-order valence-corrected chi connectivity index (χ4v) is 1.35. The van der Waals surface area contributed by atoms with E-state index in [1.807, 2.05) is 0 Å². The zero-order valence-corrected chi connectivity index (χ0v) is 7.64. The molecule has 0 aromatic carbocycles. The number of ether oxygens (including phenoxy) is 1. The molecule has 12 heavy (non-hydrogen) atoms. The summed E-state index contributed by atoms with van der Waals surface area (Å²) in [5.74, 6) is 0.408. The Bertz CT molecular complexity index is 141. The number of nitrogens with one attached hydrogen (secondary N) is 1. The first-order chi connectivity index (χ1) is 5.84. The molecule has 0 atom stereocenters. The van der Waals surface area contributed by atoms with E-state index in [9.17, 15) is 4.79 Å². The Kier molecular flexibility index (Phi) is 4.08. The third-order valence-corrected chi connectivity index (χ3v) is 2.14. The minimum absolute atomic E-state index is 0.199. The predicted octanol–water partition coefficient (Wildman–Crippen LogP) is 0.939. The van der Waals surface area contributed by atoms with Gasteiger partial charge < -0.3 is 10.1 Å². The summed E-state index contributed by atoms with van der Waals surface area (Å²) in [5.41, 5.74) is 0. The van der Waals surface area contributed by atoms with Gasteiger partial charge in [-0.25, -0.2) is 0 Å². The highest BCUT2D eigenvalue weighted by Crippen LogP contribution is 2.14. The highest BCUT2D eigenvalue weighted by molar-refractivity contribution is 5.78. The van der Waals surface area contributed by atoms with Crippen molar-refractivity contribution in [2.24, 2.45) is 5.92 Å². The van der Waals surface area contributed by atoms with Crippen molar-refractivity contribution in [3.8, 4) is 0 Å². The van der Waals surface area contributed by atoms with Gasteiger partial charge in [-0.3, -0.25) is 4.79 Å². The first kappa shape index (κ1) is 9.52. The number of amides is 1. The Morgan fingerprint density at radius 2 is 2.17 bits per heavy atom. The second-order valence-corrected chi connectivity index (χ2v) is 3.18. The van der Waals surface area contributed by atoms with Gasteiger partial charge in [0.05, 0.1) is 0 Å². The summed E-state index contributed by atoms with van der Waals surface area (Å²) in [4.78, 5) is 11.4. The Morgan fingerprint density at radius 1 is 1.50 bits per heavy atom. The molecule has 1 fully saturated rings. The van der Waals surface area contributed by atoms with Gasteiger partial charge in [0.15, 0.2) is 0 Å². The maximum Gasteiger partial charge on any atom is 0.223 e.